The first kappa shape index (κ1) is 10.9. The van der Waals surface area contributed by atoms with Crippen LogP contribution in [0.25, 0.3) is 0 Å². The first-order chi connectivity index (χ1) is 7.40. The second kappa shape index (κ2) is 5.50. The van der Waals surface area contributed by atoms with Crippen LogP contribution in [0.15, 0.2) is 4.99 Å². The Morgan fingerprint density at radius 1 is 1.40 bits per heavy atom. The number of rotatable bonds is 4. The Kier molecular flexibility index (Phi) is 4.01. The van der Waals surface area contributed by atoms with Crippen LogP contribution in [0, 0.1) is 5.92 Å². The molecule has 0 unspecified atom stereocenters. The van der Waals surface area contributed by atoms with Gasteiger partial charge in [-0.3, -0.25) is 4.99 Å². The zero-order chi connectivity index (χ0) is 10.5. The predicted molar refractivity (Wildman–Crippen MR) is 64.4 cm³/mol. The van der Waals surface area contributed by atoms with Crippen molar-refractivity contribution in [1.82, 2.24) is 10.2 Å². The Morgan fingerprint density at radius 2 is 2.20 bits per heavy atom. The lowest BCUT2D eigenvalue weighted by molar-refractivity contribution is 0.354. The minimum absolute atomic E-state index is 0.938. The smallest absolute Gasteiger partial charge is 0.0990 e. The number of aliphatic imine (C=N–C) groups is 1. The summed E-state index contributed by atoms with van der Waals surface area (Å²) in [7, 11) is 0. The summed E-state index contributed by atoms with van der Waals surface area (Å²) in [5.41, 5.74) is 0. The number of hydrogen-bond acceptors (Lipinski definition) is 3. The molecule has 3 nitrogen and oxygen atoms in total. The number of piperidine rings is 1. The van der Waals surface area contributed by atoms with Crippen LogP contribution in [0.1, 0.15) is 32.6 Å². The summed E-state index contributed by atoms with van der Waals surface area (Å²) in [6, 6.07) is 0. The van der Waals surface area contributed by atoms with E-state index in [0.717, 1.165) is 25.6 Å². The molecule has 0 aliphatic carbocycles. The number of hydrogen-bond donors (Lipinski definition) is 1. The van der Waals surface area contributed by atoms with Gasteiger partial charge in [-0.05, 0) is 45.2 Å². The van der Waals surface area contributed by atoms with Gasteiger partial charge in [-0.1, -0.05) is 0 Å². The van der Waals surface area contributed by atoms with Gasteiger partial charge in [0.2, 0.25) is 0 Å². The number of nitrogens with zero attached hydrogens (tertiary/aromatic N) is 2. The van der Waals surface area contributed by atoms with Crippen molar-refractivity contribution in [2.75, 3.05) is 32.7 Å². The van der Waals surface area contributed by atoms with Crippen LogP contribution < -0.4 is 5.32 Å². The molecule has 86 valence electrons. The minimum Gasteiger partial charge on any atom is -0.359 e. The molecule has 0 amide bonds. The van der Waals surface area contributed by atoms with Gasteiger partial charge in [0.25, 0.3) is 0 Å². The van der Waals surface area contributed by atoms with Gasteiger partial charge < -0.3 is 10.2 Å². The van der Waals surface area contributed by atoms with E-state index >= 15 is 0 Å². The summed E-state index contributed by atoms with van der Waals surface area (Å²) in [6.07, 6.45) is 5.27. The molecule has 1 saturated heterocycles. The Balaban J connectivity index is 1.72. The van der Waals surface area contributed by atoms with E-state index in [-0.39, 0.29) is 0 Å². The highest BCUT2D eigenvalue weighted by atomic mass is 15.2. The molecule has 2 rings (SSSR count). The lowest BCUT2D eigenvalue weighted by Crippen LogP contribution is -2.30. The Morgan fingerprint density at radius 3 is 2.93 bits per heavy atom. The molecular formula is C12H23N3. The molecule has 0 spiro atoms. The van der Waals surface area contributed by atoms with Crippen molar-refractivity contribution in [3.8, 4) is 0 Å². The van der Waals surface area contributed by atoms with E-state index in [1.54, 1.807) is 0 Å². The highest BCUT2D eigenvalue weighted by molar-refractivity contribution is 5.83. The normalized spacial score (nSPS) is 23.3. The van der Waals surface area contributed by atoms with Gasteiger partial charge in [-0.25, -0.2) is 0 Å². The van der Waals surface area contributed by atoms with Crippen LogP contribution >= 0.6 is 0 Å². The molecular weight excluding hydrogens is 186 g/mol. The summed E-state index contributed by atoms with van der Waals surface area (Å²) in [5.74, 6) is 2.31. The first-order valence-electron chi connectivity index (χ1n) is 6.39. The van der Waals surface area contributed by atoms with Crippen molar-refractivity contribution in [3.05, 3.63) is 0 Å². The van der Waals surface area contributed by atoms with Gasteiger partial charge in [-0.2, -0.15) is 0 Å². The van der Waals surface area contributed by atoms with E-state index in [0.29, 0.717) is 0 Å². The number of likely N-dealkylation sites (N-methyl/N-ethyl adjacent to an activating group) is 1. The van der Waals surface area contributed by atoms with E-state index in [1.807, 2.05) is 0 Å². The number of amidine groups is 1. The molecule has 2 heterocycles. The average molecular weight is 209 g/mol. The molecule has 0 aromatic rings. The largest absolute Gasteiger partial charge is 0.359 e. The topological polar surface area (TPSA) is 27.6 Å². The minimum atomic E-state index is 0.938. The van der Waals surface area contributed by atoms with Crippen molar-refractivity contribution in [2.24, 2.45) is 10.9 Å². The summed E-state index contributed by atoms with van der Waals surface area (Å²) < 4.78 is 0. The van der Waals surface area contributed by atoms with Crippen molar-refractivity contribution in [3.63, 3.8) is 0 Å². The molecule has 0 aromatic heterocycles. The molecule has 15 heavy (non-hydrogen) atoms. The molecule has 0 saturated carbocycles. The van der Waals surface area contributed by atoms with E-state index in [9.17, 15) is 0 Å². The molecule has 2 aliphatic rings. The lowest BCUT2D eigenvalue weighted by atomic mass is 9.93. The van der Waals surface area contributed by atoms with Crippen LogP contribution in [-0.4, -0.2) is 43.5 Å². The van der Waals surface area contributed by atoms with Crippen LogP contribution in [0.5, 0.6) is 0 Å². The fourth-order valence-corrected chi connectivity index (χ4v) is 2.61. The van der Waals surface area contributed by atoms with E-state index in [4.69, 9.17) is 0 Å². The van der Waals surface area contributed by atoms with Crippen molar-refractivity contribution < 1.29 is 0 Å². The second-order valence-corrected chi connectivity index (χ2v) is 4.61. The molecule has 0 aromatic carbocycles. The summed E-state index contributed by atoms with van der Waals surface area (Å²) >= 11 is 0. The maximum Gasteiger partial charge on any atom is 0.0990 e. The van der Waals surface area contributed by atoms with Crippen molar-refractivity contribution in [1.29, 1.82) is 0 Å². The zero-order valence-corrected chi connectivity index (χ0v) is 9.84. The Bertz CT molecular complexity index is 219. The third-order valence-electron chi connectivity index (χ3n) is 3.65. The van der Waals surface area contributed by atoms with Gasteiger partial charge in [0, 0.05) is 19.5 Å². The lowest BCUT2D eigenvalue weighted by Gasteiger charge is -2.24. The highest BCUT2D eigenvalue weighted by Crippen LogP contribution is 2.19. The summed E-state index contributed by atoms with van der Waals surface area (Å²) in [5, 5.41) is 3.42. The fraction of sp³-hybridized carbons (Fsp3) is 0.917. The van der Waals surface area contributed by atoms with Gasteiger partial charge in [0.15, 0.2) is 0 Å². The molecule has 1 fully saturated rings. The molecule has 0 atom stereocenters. The summed E-state index contributed by atoms with van der Waals surface area (Å²) in [6.45, 7) is 7.97. The quantitative estimate of drug-likeness (QED) is 0.760. The Hall–Kier alpha value is -0.570. The zero-order valence-electron chi connectivity index (χ0n) is 9.84. The van der Waals surface area contributed by atoms with Crippen LogP contribution in [-0.2, 0) is 0 Å². The third kappa shape index (κ3) is 2.94. The molecule has 2 aliphatic heterocycles. The fourth-order valence-electron chi connectivity index (χ4n) is 2.61. The molecule has 3 heteroatoms. The van der Waals surface area contributed by atoms with E-state index in [2.05, 4.69) is 22.1 Å². The Labute approximate surface area is 92.9 Å². The van der Waals surface area contributed by atoms with Crippen molar-refractivity contribution >= 4 is 5.84 Å². The van der Waals surface area contributed by atoms with E-state index in [1.165, 1.54) is 44.6 Å². The summed E-state index contributed by atoms with van der Waals surface area (Å²) in [4.78, 5) is 7.03. The standard InChI is InChI=1S/C12H23N3/c1-2-15-10-9-14-12(15)4-3-11-5-7-13-8-6-11/h11,13H,2-10H2,1H3. The third-order valence-corrected chi connectivity index (χ3v) is 3.65. The van der Waals surface area contributed by atoms with Gasteiger partial charge in [0.1, 0.15) is 0 Å². The number of nitrogens with one attached hydrogen (secondary N) is 1. The second-order valence-electron chi connectivity index (χ2n) is 4.61. The monoisotopic (exact) mass is 209 g/mol. The SMILES string of the molecule is CCN1CCN=C1CCC1CCNCC1. The highest BCUT2D eigenvalue weighted by Gasteiger charge is 2.18. The van der Waals surface area contributed by atoms with Gasteiger partial charge in [0.05, 0.1) is 12.4 Å². The maximum absolute atomic E-state index is 4.60. The average Bonchev–Trinajstić information content (AvgIpc) is 2.75. The van der Waals surface area contributed by atoms with Crippen LogP contribution in [0.2, 0.25) is 0 Å². The van der Waals surface area contributed by atoms with E-state index < -0.39 is 0 Å². The molecule has 0 radical (unpaired) electrons. The van der Waals surface area contributed by atoms with Gasteiger partial charge in [-0.15, -0.1) is 0 Å². The van der Waals surface area contributed by atoms with Crippen molar-refractivity contribution in [2.45, 2.75) is 32.6 Å². The first-order valence-corrected chi connectivity index (χ1v) is 6.39. The predicted octanol–water partition coefficient (Wildman–Crippen LogP) is 1.50. The maximum atomic E-state index is 4.60. The van der Waals surface area contributed by atoms with Crippen LogP contribution in [0.4, 0.5) is 0 Å². The van der Waals surface area contributed by atoms with Gasteiger partial charge >= 0.3 is 0 Å². The van der Waals surface area contributed by atoms with Crippen LogP contribution in [0.3, 0.4) is 0 Å². The molecule has 1 N–H and O–H groups in total. The molecule has 0 bridgehead atoms.